The van der Waals surface area contributed by atoms with E-state index in [4.69, 9.17) is 16.0 Å². The molecule has 0 fully saturated rings. The zero-order valence-electron chi connectivity index (χ0n) is 9.68. The summed E-state index contributed by atoms with van der Waals surface area (Å²) in [5.74, 6) is 0.319. The van der Waals surface area contributed by atoms with Gasteiger partial charge in [0.1, 0.15) is 5.76 Å². The summed E-state index contributed by atoms with van der Waals surface area (Å²) in [6, 6.07) is 5.26. The van der Waals surface area contributed by atoms with Crippen LogP contribution in [0.5, 0.6) is 0 Å². The maximum Gasteiger partial charge on any atom is 0.248 e. The molecule has 0 aliphatic carbocycles. The van der Waals surface area contributed by atoms with Gasteiger partial charge in [0.05, 0.1) is 12.0 Å². The molecule has 0 unspecified atom stereocenters. The van der Waals surface area contributed by atoms with Gasteiger partial charge in [-0.2, -0.15) is 0 Å². The number of anilines is 1. The second-order valence-corrected chi connectivity index (χ2v) is 4.05. The summed E-state index contributed by atoms with van der Waals surface area (Å²) in [6.45, 7) is 1.87. The van der Waals surface area contributed by atoms with Crippen LogP contribution in [0, 0.1) is 6.92 Å². The standard InChI is InChI=1S/C13H11ClN2O2/c1-9-7-11(13(14)15-8-9)16-12(17)5-4-10-3-2-6-18-10/h2-8H,1H3,(H,16,17)/b5-4+. The Hall–Kier alpha value is -2.07. The van der Waals surface area contributed by atoms with E-state index >= 15 is 0 Å². The lowest BCUT2D eigenvalue weighted by atomic mass is 10.3. The summed E-state index contributed by atoms with van der Waals surface area (Å²) in [6.07, 6.45) is 6.12. The van der Waals surface area contributed by atoms with Crippen LogP contribution in [0.3, 0.4) is 0 Å². The number of nitrogens with one attached hydrogen (secondary N) is 1. The lowest BCUT2D eigenvalue weighted by Crippen LogP contribution is -2.08. The van der Waals surface area contributed by atoms with Crippen LogP contribution in [0.4, 0.5) is 5.69 Å². The molecular formula is C13H11ClN2O2. The van der Waals surface area contributed by atoms with Gasteiger partial charge in [0, 0.05) is 12.3 Å². The zero-order chi connectivity index (χ0) is 13.0. The van der Waals surface area contributed by atoms with Gasteiger partial charge in [0.25, 0.3) is 0 Å². The SMILES string of the molecule is Cc1cnc(Cl)c(NC(=O)/C=C/c2ccco2)c1. The van der Waals surface area contributed by atoms with Crippen molar-refractivity contribution < 1.29 is 9.21 Å². The van der Waals surface area contributed by atoms with Gasteiger partial charge in [-0.15, -0.1) is 0 Å². The van der Waals surface area contributed by atoms with Gasteiger partial charge in [-0.3, -0.25) is 4.79 Å². The first kappa shape index (κ1) is 12.4. The van der Waals surface area contributed by atoms with Gasteiger partial charge in [-0.25, -0.2) is 4.98 Å². The van der Waals surface area contributed by atoms with Crippen LogP contribution in [-0.2, 0) is 4.79 Å². The maximum absolute atomic E-state index is 11.6. The van der Waals surface area contributed by atoms with Gasteiger partial charge in [0.15, 0.2) is 5.15 Å². The van der Waals surface area contributed by atoms with Crippen LogP contribution in [0.15, 0.2) is 41.2 Å². The summed E-state index contributed by atoms with van der Waals surface area (Å²) >= 11 is 5.87. The van der Waals surface area contributed by atoms with E-state index in [1.165, 1.54) is 6.08 Å². The predicted octanol–water partition coefficient (Wildman–Crippen LogP) is 3.29. The van der Waals surface area contributed by atoms with E-state index in [0.29, 0.717) is 11.4 Å². The number of halogens is 1. The van der Waals surface area contributed by atoms with Crippen LogP contribution in [0.1, 0.15) is 11.3 Å². The molecule has 0 spiro atoms. The van der Waals surface area contributed by atoms with E-state index in [-0.39, 0.29) is 11.1 Å². The average molecular weight is 263 g/mol. The Bertz CT molecular complexity index is 577. The highest BCUT2D eigenvalue weighted by molar-refractivity contribution is 6.32. The van der Waals surface area contributed by atoms with Crippen LogP contribution in [0.2, 0.25) is 5.15 Å². The second-order valence-electron chi connectivity index (χ2n) is 3.69. The van der Waals surface area contributed by atoms with Crippen molar-refractivity contribution in [3.05, 3.63) is 53.2 Å². The summed E-state index contributed by atoms with van der Waals surface area (Å²) < 4.78 is 5.07. The largest absolute Gasteiger partial charge is 0.465 e. The Morgan fingerprint density at radius 3 is 3.11 bits per heavy atom. The molecule has 18 heavy (non-hydrogen) atoms. The molecule has 0 atom stereocenters. The van der Waals surface area contributed by atoms with Crippen LogP contribution < -0.4 is 5.32 Å². The second kappa shape index (κ2) is 5.51. The molecule has 5 heteroatoms. The molecule has 2 heterocycles. The van der Waals surface area contributed by atoms with Crippen molar-refractivity contribution in [3.8, 4) is 0 Å². The monoisotopic (exact) mass is 262 g/mol. The number of amides is 1. The Morgan fingerprint density at radius 1 is 1.56 bits per heavy atom. The maximum atomic E-state index is 11.6. The van der Waals surface area contributed by atoms with Gasteiger partial charge in [-0.1, -0.05) is 11.6 Å². The number of aryl methyl sites for hydroxylation is 1. The van der Waals surface area contributed by atoms with E-state index in [2.05, 4.69) is 10.3 Å². The molecule has 2 aromatic heterocycles. The fourth-order valence-corrected chi connectivity index (χ4v) is 1.51. The molecule has 0 aliphatic heterocycles. The molecule has 1 amide bonds. The average Bonchev–Trinajstić information content (AvgIpc) is 2.84. The topological polar surface area (TPSA) is 55.1 Å². The van der Waals surface area contributed by atoms with Gasteiger partial charge in [-0.05, 0) is 36.8 Å². The highest BCUT2D eigenvalue weighted by Crippen LogP contribution is 2.19. The highest BCUT2D eigenvalue weighted by atomic mass is 35.5. The lowest BCUT2D eigenvalue weighted by molar-refractivity contribution is -0.111. The van der Waals surface area contributed by atoms with E-state index in [1.807, 2.05) is 6.92 Å². The van der Waals surface area contributed by atoms with E-state index < -0.39 is 0 Å². The van der Waals surface area contributed by atoms with Crippen molar-refractivity contribution >= 4 is 29.3 Å². The quantitative estimate of drug-likeness (QED) is 0.682. The number of furan rings is 1. The number of hydrogen-bond donors (Lipinski definition) is 1. The Labute approximate surface area is 109 Å². The first-order valence-electron chi connectivity index (χ1n) is 5.30. The minimum absolute atomic E-state index is 0.264. The third-order valence-electron chi connectivity index (χ3n) is 2.18. The first-order chi connectivity index (χ1) is 8.65. The summed E-state index contributed by atoms with van der Waals surface area (Å²) in [5.41, 5.74) is 1.41. The fourth-order valence-electron chi connectivity index (χ4n) is 1.36. The molecule has 4 nitrogen and oxygen atoms in total. The minimum atomic E-state index is -0.291. The highest BCUT2D eigenvalue weighted by Gasteiger charge is 2.04. The van der Waals surface area contributed by atoms with Crippen molar-refractivity contribution in [2.75, 3.05) is 5.32 Å². The molecule has 0 saturated carbocycles. The first-order valence-corrected chi connectivity index (χ1v) is 5.67. The molecule has 2 rings (SSSR count). The van der Waals surface area contributed by atoms with Crippen molar-refractivity contribution in [1.82, 2.24) is 4.98 Å². The molecule has 2 aromatic rings. The Balaban J connectivity index is 2.05. The number of carbonyl (C=O) groups is 1. The number of nitrogens with zero attached hydrogens (tertiary/aromatic N) is 1. The number of hydrogen-bond acceptors (Lipinski definition) is 3. The molecule has 0 aliphatic rings. The molecule has 0 saturated heterocycles. The third kappa shape index (κ3) is 3.21. The van der Waals surface area contributed by atoms with Crippen LogP contribution in [-0.4, -0.2) is 10.9 Å². The summed E-state index contributed by atoms with van der Waals surface area (Å²) in [4.78, 5) is 15.6. The van der Waals surface area contributed by atoms with Gasteiger partial charge in [0.2, 0.25) is 5.91 Å². The van der Waals surface area contributed by atoms with E-state index in [0.717, 1.165) is 5.56 Å². The minimum Gasteiger partial charge on any atom is -0.465 e. The normalized spacial score (nSPS) is 10.8. The molecule has 0 aromatic carbocycles. The Kier molecular flexibility index (Phi) is 3.79. The van der Waals surface area contributed by atoms with E-state index in [9.17, 15) is 4.79 Å². The molecular weight excluding hydrogens is 252 g/mol. The fraction of sp³-hybridized carbons (Fsp3) is 0.0769. The van der Waals surface area contributed by atoms with Crippen LogP contribution >= 0.6 is 11.6 Å². The van der Waals surface area contributed by atoms with Crippen molar-refractivity contribution in [2.24, 2.45) is 0 Å². The lowest BCUT2D eigenvalue weighted by Gasteiger charge is -2.04. The number of pyridine rings is 1. The van der Waals surface area contributed by atoms with Crippen molar-refractivity contribution in [2.45, 2.75) is 6.92 Å². The predicted molar refractivity (Wildman–Crippen MR) is 70.4 cm³/mol. The number of rotatable bonds is 3. The smallest absolute Gasteiger partial charge is 0.248 e. The van der Waals surface area contributed by atoms with Gasteiger partial charge >= 0.3 is 0 Å². The van der Waals surface area contributed by atoms with Crippen molar-refractivity contribution in [3.63, 3.8) is 0 Å². The zero-order valence-corrected chi connectivity index (χ0v) is 10.4. The van der Waals surface area contributed by atoms with Crippen molar-refractivity contribution in [1.29, 1.82) is 0 Å². The Morgan fingerprint density at radius 2 is 2.39 bits per heavy atom. The molecule has 0 radical (unpaired) electrons. The summed E-state index contributed by atoms with van der Waals surface area (Å²) in [7, 11) is 0. The third-order valence-corrected chi connectivity index (χ3v) is 2.48. The molecule has 0 bridgehead atoms. The van der Waals surface area contributed by atoms with Crippen LogP contribution in [0.25, 0.3) is 6.08 Å². The van der Waals surface area contributed by atoms with Gasteiger partial charge < -0.3 is 9.73 Å². The number of aromatic nitrogens is 1. The van der Waals surface area contributed by atoms with E-state index in [1.54, 1.807) is 36.7 Å². The molecule has 1 N–H and O–H groups in total. The molecule has 92 valence electrons. The summed E-state index contributed by atoms with van der Waals surface area (Å²) in [5, 5.41) is 2.92. The number of carbonyl (C=O) groups excluding carboxylic acids is 1.